The molecule has 0 saturated carbocycles. The van der Waals surface area contributed by atoms with Crippen LogP contribution in [0.2, 0.25) is 0 Å². The molecule has 0 fully saturated rings. The van der Waals surface area contributed by atoms with Gasteiger partial charge in [0.1, 0.15) is 0 Å². The highest BCUT2D eigenvalue weighted by molar-refractivity contribution is 7.26. The van der Waals surface area contributed by atoms with Gasteiger partial charge in [0.25, 0.3) is 0 Å². The smallest absolute Gasteiger partial charge is 0.0619 e. The Morgan fingerprint density at radius 2 is 0.725 bits per heavy atom. The van der Waals surface area contributed by atoms with Gasteiger partial charge < -0.3 is 4.57 Å². The molecule has 11 aromatic rings. The topological polar surface area (TPSA) is 4.93 Å². The summed E-state index contributed by atoms with van der Waals surface area (Å²) >= 11 is 3.74. The molecule has 0 aliphatic carbocycles. The Kier molecular flexibility index (Phi) is 6.36. The quantitative estimate of drug-likeness (QED) is 0.174. The molecule has 11 rings (SSSR count). The Hall–Kier alpha value is -6.00. The summed E-state index contributed by atoms with van der Waals surface area (Å²) < 4.78 is 7.83. The number of nitrogens with zero attached hydrogens (tertiary/aromatic N) is 1. The van der Waals surface area contributed by atoms with Crippen LogP contribution in [0.15, 0.2) is 176 Å². The van der Waals surface area contributed by atoms with Gasteiger partial charge in [0.15, 0.2) is 0 Å². The summed E-state index contributed by atoms with van der Waals surface area (Å²) in [4.78, 5) is 0. The average molecular weight is 684 g/mol. The van der Waals surface area contributed by atoms with Crippen molar-refractivity contribution >= 4 is 84.8 Å². The van der Waals surface area contributed by atoms with E-state index in [1.807, 2.05) is 22.7 Å². The maximum absolute atomic E-state index is 2.52. The summed E-state index contributed by atoms with van der Waals surface area (Å²) in [7, 11) is 0. The zero-order valence-corrected chi connectivity index (χ0v) is 29.1. The third-order valence-electron chi connectivity index (χ3n) is 10.4. The fraction of sp³-hybridized carbons (Fsp3) is 0. The molecule has 0 N–H and O–H groups in total. The molecule has 0 bridgehead atoms. The number of hydrogen-bond acceptors (Lipinski definition) is 2. The van der Waals surface area contributed by atoms with Crippen LogP contribution in [0, 0.1) is 0 Å². The number of thiophene rings is 2. The number of hydrogen-bond donors (Lipinski definition) is 0. The number of aromatic nitrogens is 1. The number of para-hydroxylation sites is 2. The largest absolute Gasteiger partial charge is 0.308 e. The lowest BCUT2D eigenvalue weighted by molar-refractivity contribution is 1.18. The van der Waals surface area contributed by atoms with E-state index in [0.717, 1.165) is 5.69 Å². The van der Waals surface area contributed by atoms with E-state index in [1.165, 1.54) is 95.5 Å². The van der Waals surface area contributed by atoms with Crippen molar-refractivity contribution < 1.29 is 0 Å². The van der Waals surface area contributed by atoms with Crippen LogP contribution in [-0.4, -0.2) is 4.57 Å². The van der Waals surface area contributed by atoms with Crippen molar-refractivity contribution in [3.63, 3.8) is 0 Å². The lowest BCUT2D eigenvalue weighted by atomic mass is 9.98. The second-order valence-electron chi connectivity index (χ2n) is 13.3. The lowest BCUT2D eigenvalue weighted by Gasteiger charge is -2.15. The van der Waals surface area contributed by atoms with Gasteiger partial charge in [-0.3, -0.25) is 0 Å². The van der Waals surface area contributed by atoms with E-state index < -0.39 is 0 Å². The molecule has 3 heteroatoms. The van der Waals surface area contributed by atoms with E-state index in [9.17, 15) is 0 Å². The van der Waals surface area contributed by atoms with Crippen LogP contribution in [0.4, 0.5) is 0 Å². The predicted octanol–water partition coefficient (Wildman–Crippen LogP) is 14.5. The van der Waals surface area contributed by atoms with Crippen molar-refractivity contribution in [1.82, 2.24) is 4.57 Å². The number of benzene rings is 8. The molecule has 0 spiro atoms. The zero-order chi connectivity index (χ0) is 33.5. The highest BCUT2D eigenvalue weighted by Gasteiger charge is 2.21. The molecular weight excluding hydrogens is 655 g/mol. The van der Waals surface area contributed by atoms with E-state index in [0.29, 0.717) is 0 Å². The SMILES string of the molecule is c1ccc(-c2ccc(-n3c4c(-c5ccc6sc7ccccc7c6c5)cccc4c4cccc(-c5ccc6sc7ccccc7c6c5)c43)cc2)cc1. The first-order chi connectivity index (χ1) is 25.3. The van der Waals surface area contributed by atoms with Gasteiger partial charge >= 0.3 is 0 Å². The summed E-state index contributed by atoms with van der Waals surface area (Å²) in [5.74, 6) is 0. The maximum atomic E-state index is 2.52. The van der Waals surface area contributed by atoms with Crippen LogP contribution >= 0.6 is 22.7 Å². The second kappa shape index (κ2) is 11.3. The molecule has 0 aliphatic rings. The molecule has 0 radical (unpaired) electrons. The molecule has 1 nitrogen and oxygen atoms in total. The fourth-order valence-electron chi connectivity index (χ4n) is 8.06. The average Bonchev–Trinajstić information content (AvgIpc) is 3.87. The highest BCUT2D eigenvalue weighted by atomic mass is 32.1. The second-order valence-corrected chi connectivity index (χ2v) is 15.4. The first-order valence-corrected chi connectivity index (χ1v) is 19.0. The maximum Gasteiger partial charge on any atom is 0.0619 e. The summed E-state index contributed by atoms with van der Waals surface area (Å²) in [6.07, 6.45) is 0. The van der Waals surface area contributed by atoms with Crippen LogP contribution < -0.4 is 0 Å². The van der Waals surface area contributed by atoms with Gasteiger partial charge in [0, 0.05) is 67.9 Å². The molecule has 0 atom stereocenters. The summed E-state index contributed by atoms with van der Waals surface area (Å²) in [5.41, 5.74) is 11.0. The van der Waals surface area contributed by atoms with E-state index in [2.05, 4.69) is 180 Å². The van der Waals surface area contributed by atoms with Crippen LogP contribution in [-0.2, 0) is 0 Å². The van der Waals surface area contributed by atoms with Gasteiger partial charge in [-0.15, -0.1) is 22.7 Å². The van der Waals surface area contributed by atoms with E-state index >= 15 is 0 Å². The first kappa shape index (κ1) is 28.8. The molecule has 3 heterocycles. The highest BCUT2D eigenvalue weighted by Crippen LogP contribution is 2.45. The minimum Gasteiger partial charge on any atom is -0.308 e. The summed E-state index contributed by atoms with van der Waals surface area (Å²) in [6, 6.07) is 65.0. The van der Waals surface area contributed by atoms with E-state index in [-0.39, 0.29) is 0 Å². The normalized spacial score (nSPS) is 11.9. The van der Waals surface area contributed by atoms with Crippen molar-refractivity contribution in [2.24, 2.45) is 0 Å². The van der Waals surface area contributed by atoms with Crippen molar-refractivity contribution in [1.29, 1.82) is 0 Å². The molecule has 3 aromatic heterocycles. The first-order valence-electron chi connectivity index (χ1n) is 17.3. The molecule has 0 unspecified atom stereocenters. The van der Waals surface area contributed by atoms with Gasteiger partial charge in [0.05, 0.1) is 11.0 Å². The Morgan fingerprint density at radius 3 is 1.27 bits per heavy atom. The van der Waals surface area contributed by atoms with Gasteiger partial charge in [0.2, 0.25) is 0 Å². The minimum absolute atomic E-state index is 1.15. The van der Waals surface area contributed by atoms with Gasteiger partial charge in [-0.05, 0) is 70.8 Å². The summed E-state index contributed by atoms with van der Waals surface area (Å²) in [6.45, 7) is 0. The van der Waals surface area contributed by atoms with Crippen LogP contribution in [0.3, 0.4) is 0 Å². The Bertz CT molecular complexity index is 2950. The Labute approximate surface area is 302 Å². The van der Waals surface area contributed by atoms with Crippen LogP contribution in [0.5, 0.6) is 0 Å². The van der Waals surface area contributed by atoms with Crippen molar-refractivity contribution in [3.05, 3.63) is 176 Å². The van der Waals surface area contributed by atoms with E-state index in [1.54, 1.807) is 0 Å². The summed E-state index contributed by atoms with van der Waals surface area (Å²) in [5, 5.41) is 7.79. The van der Waals surface area contributed by atoms with Crippen molar-refractivity contribution in [2.45, 2.75) is 0 Å². The number of rotatable bonds is 4. The minimum atomic E-state index is 1.15. The third-order valence-corrected chi connectivity index (χ3v) is 12.7. The molecule has 238 valence electrons. The zero-order valence-electron chi connectivity index (χ0n) is 27.5. The molecule has 51 heavy (non-hydrogen) atoms. The van der Waals surface area contributed by atoms with Crippen LogP contribution in [0.1, 0.15) is 0 Å². The standard InChI is InChI=1S/C48H29NS2/c1-2-10-30(11-3-1)31-20-24-34(25-21-31)49-47-35(32-22-26-45-41(28-32)37-12-4-6-18-43(37)50-45)14-8-16-39(47)40-17-9-15-36(48(40)49)33-23-27-46-42(29-33)38-13-5-7-19-44(38)51-46/h1-29H. The van der Waals surface area contributed by atoms with Crippen molar-refractivity contribution in [3.8, 4) is 39.1 Å². The Morgan fingerprint density at radius 1 is 0.294 bits per heavy atom. The van der Waals surface area contributed by atoms with E-state index in [4.69, 9.17) is 0 Å². The van der Waals surface area contributed by atoms with Gasteiger partial charge in [-0.25, -0.2) is 0 Å². The monoisotopic (exact) mass is 683 g/mol. The molecule has 0 amide bonds. The third kappa shape index (κ3) is 4.45. The Balaban J connectivity index is 1.21. The van der Waals surface area contributed by atoms with Gasteiger partial charge in [-0.2, -0.15) is 0 Å². The molecule has 0 aliphatic heterocycles. The predicted molar refractivity (Wildman–Crippen MR) is 223 cm³/mol. The fourth-order valence-corrected chi connectivity index (χ4v) is 10.2. The molecule has 0 saturated heterocycles. The van der Waals surface area contributed by atoms with Crippen LogP contribution in [0.25, 0.3) is 101 Å². The van der Waals surface area contributed by atoms with Gasteiger partial charge in [-0.1, -0.05) is 127 Å². The van der Waals surface area contributed by atoms with Crippen molar-refractivity contribution in [2.75, 3.05) is 0 Å². The number of fused-ring (bicyclic) bond motifs is 9. The molecule has 8 aromatic carbocycles. The lowest BCUT2D eigenvalue weighted by Crippen LogP contribution is -1.97. The molecular formula is C48H29NS2.